The number of ether oxygens (including phenoxy) is 2. The van der Waals surface area contributed by atoms with Crippen LogP contribution in [0.15, 0.2) is 24.3 Å². The van der Waals surface area contributed by atoms with Crippen LogP contribution >= 0.6 is 0 Å². The minimum absolute atomic E-state index is 0.0100. The highest BCUT2D eigenvalue weighted by Gasteiger charge is 2.24. The van der Waals surface area contributed by atoms with E-state index in [0.29, 0.717) is 13.2 Å². The molecule has 1 aliphatic rings. The van der Waals surface area contributed by atoms with Crippen molar-refractivity contribution >= 4 is 5.78 Å². The zero-order valence-electron chi connectivity index (χ0n) is 11.9. The Labute approximate surface area is 114 Å². The molecule has 1 aromatic carbocycles. The predicted octanol–water partition coefficient (Wildman–Crippen LogP) is 2.97. The van der Waals surface area contributed by atoms with Crippen LogP contribution in [0.3, 0.4) is 0 Å². The van der Waals surface area contributed by atoms with E-state index in [-0.39, 0.29) is 23.7 Å². The van der Waals surface area contributed by atoms with Crippen molar-refractivity contribution in [3.63, 3.8) is 0 Å². The van der Waals surface area contributed by atoms with Gasteiger partial charge in [0.1, 0.15) is 12.4 Å². The average molecular weight is 262 g/mol. The predicted molar refractivity (Wildman–Crippen MR) is 74.6 cm³/mol. The molecule has 1 heterocycles. The molecule has 104 valence electrons. The van der Waals surface area contributed by atoms with Crippen LogP contribution < -0.4 is 4.74 Å². The highest BCUT2D eigenvalue weighted by Crippen LogP contribution is 2.31. The van der Waals surface area contributed by atoms with Crippen LogP contribution in [-0.2, 0) is 14.9 Å². The van der Waals surface area contributed by atoms with Crippen molar-refractivity contribution in [3.05, 3.63) is 29.8 Å². The Morgan fingerprint density at radius 1 is 1.37 bits per heavy atom. The molecule has 19 heavy (non-hydrogen) atoms. The Bertz CT molecular complexity index is 440. The Kier molecular flexibility index (Phi) is 4.25. The number of ketones is 1. The molecular formula is C16H22O3. The summed E-state index contributed by atoms with van der Waals surface area (Å²) in [6, 6.07) is 7.92. The molecule has 3 heteroatoms. The maximum Gasteiger partial charge on any atom is 0.175 e. The number of benzene rings is 1. The zero-order chi connectivity index (χ0) is 13.9. The number of hydrogen-bond donors (Lipinski definition) is 0. The monoisotopic (exact) mass is 262 g/mol. The number of rotatable bonds is 4. The SMILES string of the molecule is CC(C)(C)c1ccccc1OCC(=O)C1CCOC1. The van der Waals surface area contributed by atoms with E-state index in [4.69, 9.17) is 9.47 Å². The van der Waals surface area contributed by atoms with Crippen molar-refractivity contribution in [1.82, 2.24) is 0 Å². The molecule has 0 amide bonds. The molecular weight excluding hydrogens is 240 g/mol. The van der Waals surface area contributed by atoms with Gasteiger partial charge in [-0.15, -0.1) is 0 Å². The summed E-state index contributed by atoms with van der Waals surface area (Å²) in [6.45, 7) is 7.80. The van der Waals surface area contributed by atoms with E-state index in [1.54, 1.807) is 0 Å². The molecule has 0 N–H and O–H groups in total. The quantitative estimate of drug-likeness (QED) is 0.837. The van der Waals surface area contributed by atoms with Gasteiger partial charge in [0, 0.05) is 12.5 Å². The van der Waals surface area contributed by atoms with Gasteiger partial charge < -0.3 is 9.47 Å². The number of hydrogen-bond acceptors (Lipinski definition) is 3. The van der Waals surface area contributed by atoms with Crippen LogP contribution in [0.2, 0.25) is 0 Å². The Hall–Kier alpha value is -1.35. The van der Waals surface area contributed by atoms with Crippen molar-refractivity contribution in [2.24, 2.45) is 5.92 Å². The molecule has 0 aliphatic carbocycles. The molecule has 1 aliphatic heterocycles. The van der Waals surface area contributed by atoms with E-state index in [0.717, 1.165) is 17.7 Å². The van der Waals surface area contributed by atoms with Crippen LogP contribution in [0.4, 0.5) is 0 Å². The van der Waals surface area contributed by atoms with Gasteiger partial charge in [0.05, 0.1) is 6.61 Å². The van der Waals surface area contributed by atoms with E-state index in [2.05, 4.69) is 26.8 Å². The van der Waals surface area contributed by atoms with Gasteiger partial charge in [0.25, 0.3) is 0 Å². The topological polar surface area (TPSA) is 35.5 Å². The number of carbonyl (C=O) groups excluding carboxylic acids is 1. The molecule has 1 atom stereocenters. The fourth-order valence-electron chi connectivity index (χ4n) is 2.27. The molecule has 1 aromatic rings. The largest absolute Gasteiger partial charge is 0.486 e. The molecule has 0 spiro atoms. The summed E-state index contributed by atoms with van der Waals surface area (Å²) >= 11 is 0. The van der Waals surface area contributed by atoms with Crippen LogP contribution in [0.1, 0.15) is 32.8 Å². The zero-order valence-corrected chi connectivity index (χ0v) is 11.9. The summed E-state index contributed by atoms with van der Waals surface area (Å²) in [4.78, 5) is 12.0. The summed E-state index contributed by atoms with van der Waals surface area (Å²) in [5.41, 5.74) is 1.14. The molecule has 1 saturated heterocycles. The summed E-state index contributed by atoms with van der Waals surface area (Å²) in [5.74, 6) is 0.963. The van der Waals surface area contributed by atoms with E-state index in [1.807, 2.05) is 18.2 Å². The molecule has 1 fully saturated rings. The van der Waals surface area contributed by atoms with E-state index in [9.17, 15) is 4.79 Å². The normalized spacial score (nSPS) is 19.4. The second kappa shape index (κ2) is 5.74. The Morgan fingerprint density at radius 2 is 2.11 bits per heavy atom. The van der Waals surface area contributed by atoms with Gasteiger partial charge in [-0.05, 0) is 23.5 Å². The number of para-hydroxylation sites is 1. The molecule has 1 unspecified atom stereocenters. The summed E-state index contributed by atoms with van der Waals surface area (Å²) in [5, 5.41) is 0. The summed E-state index contributed by atoms with van der Waals surface area (Å²) in [6.07, 6.45) is 0.823. The number of carbonyl (C=O) groups is 1. The highest BCUT2D eigenvalue weighted by atomic mass is 16.5. The standard InChI is InChI=1S/C16H22O3/c1-16(2,3)13-6-4-5-7-15(13)19-11-14(17)12-8-9-18-10-12/h4-7,12H,8-11H2,1-3H3. The van der Waals surface area contributed by atoms with Gasteiger partial charge >= 0.3 is 0 Å². The van der Waals surface area contributed by atoms with Crippen molar-refractivity contribution < 1.29 is 14.3 Å². The van der Waals surface area contributed by atoms with E-state index < -0.39 is 0 Å². The first-order valence-electron chi connectivity index (χ1n) is 6.81. The average Bonchev–Trinajstić information content (AvgIpc) is 2.89. The molecule has 3 nitrogen and oxygen atoms in total. The molecule has 2 rings (SSSR count). The Balaban J connectivity index is 2.01. The van der Waals surface area contributed by atoms with Crippen LogP contribution in [0.25, 0.3) is 0 Å². The maximum absolute atomic E-state index is 12.0. The van der Waals surface area contributed by atoms with Crippen LogP contribution in [0, 0.1) is 5.92 Å². The molecule has 0 aromatic heterocycles. The van der Waals surface area contributed by atoms with E-state index in [1.165, 1.54) is 0 Å². The lowest BCUT2D eigenvalue weighted by atomic mass is 9.86. The van der Waals surface area contributed by atoms with Gasteiger partial charge in [-0.25, -0.2) is 0 Å². The van der Waals surface area contributed by atoms with Gasteiger partial charge in [-0.1, -0.05) is 39.0 Å². The first-order chi connectivity index (χ1) is 8.98. The lowest BCUT2D eigenvalue weighted by Crippen LogP contribution is -2.23. The van der Waals surface area contributed by atoms with Crippen molar-refractivity contribution in [2.75, 3.05) is 19.8 Å². The third kappa shape index (κ3) is 3.57. The van der Waals surface area contributed by atoms with Gasteiger partial charge in [-0.3, -0.25) is 4.79 Å². The lowest BCUT2D eigenvalue weighted by molar-refractivity contribution is -0.124. The third-order valence-corrected chi connectivity index (χ3v) is 3.45. The van der Waals surface area contributed by atoms with Gasteiger partial charge in [0.15, 0.2) is 5.78 Å². The minimum Gasteiger partial charge on any atom is -0.486 e. The molecule has 0 radical (unpaired) electrons. The summed E-state index contributed by atoms with van der Waals surface area (Å²) in [7, 11) is 0. The first kappa shape index (κ1) is 14.1. The fraction of sp³-hybridized carbons (Fsp3) is 0.562. The van der Waals surface area contributed by atoms with Crippen molar-refractivity contribution in [1.29, 1.82) is 0 Å². The fourth-order valence-corrected chi connectivity index (χ4v) is 2.27. The molecule has 0 saturated carbocycles. The van der Waals surface area contributed by atoms with Crippen LogP contribution in [0.5, 0.6) is 5.75 Å². The smallest absolute Gasteiger partial charge is 0.175 e. The summed E-state index contributed by atoms with van der Waals surface area (Å²) < 4.78 is 11.0. The number of Topliss-reactive ketones (excluding diaryl/α,β-unsaturated/α-hetero) is 1. The van der Waals surface area contributed by atoms with Gasteiger partial charge in [0.2, 0.25) is 0 Å². The minimum atomic E-state index is 0.0100. The maximum atomic E-state index is 12.0. The van der Waals surface area contributed by atoms with E-state index >= 15 is 0 Å². The highest BCUT2D eigenvalue weighted by molar-refractivity contribution is 5.82. The van der Waals surface area contributed by atoms with Crippen molar-refractivity contribution in [2.45, 2.75) is 32.6 Å². The first-order valence-corrected chi connectivity index (χ1v) is 6.81. The second-order valence-corrected chi connectivity index (χ2v) is 6.06. The third-order valence-electron chi connectivity index (χ3n) is 3.45. The molecule has 0 bridgehead atoms. The lowest BCUT2D eigenvalue weighted by Gasteiger charge is -2.22. The second-order valence-electron chi connectivity index (χ2n) is 6.06. The van der Waals surface area contributed by atoms with Crippen LogP contribution in [-0.4, -0.2) is 25.6 Å². The van der Waals surface area contributed by atoms with Gasteiger partial charge in [-0.2, -0.15) is 0 Å². The Morgan fingerprint density at radius 3 is 2.74 bits per heavy atom. The van der Waals surface area contributed by atoms with Crippen molar-refractivity contribution in [3.8, 4) is 5.75 Å².